The number of rotatable bonds is 3. The van der Waals surface area contributed by atoms with Gasteiger partial charge >= 0.3 is 6.03 Å². The minimum atomic E-state index is -0.0516. The van der Waals surface area contributed by atoms with Crippen molar-refractivity contribution in [1.82, 2.24) is 19.7 Å². The zero-order chi connectivity index (χ0) is 17.9. The van der Waals surface area contributed by atoms with Gasteiger partial charge in [0, 0.05) is 12.2 Å². The van der Waals surface area contributed by atoms with E-state index in [-0.39, 0.29) is 12.1 Å². The Hall–Kier alpha value is -3.15. The van der Waals surface area contributed by atoms with E-state index in [9.17, 15) is 4.79 Å². The Morgan fingerprint density at radius 2 is 1.96 bits per heavy atom. The number of nitrogens with one attached hydrogen (secondary N) is 1. The molecule has 3 aromatic rings. The number of benzene rings is 2. The number of hydrogen-bond donors (Lipinski definition) is 1. The van der Waals surface area contributed by atoms with E-state index < -0.39 is 0 Å². The highest BCUT2D eigenvalue weighted by molar-refractivity contribution is 5.90. The maximum Gasteiger partial charge on any atom is 0.322 e. The fourth-order valence-corrected chi connectivity index (χ4v) is 3.53. The zero-order valence-corrected chi connectivity index (χ0v) is 14.7. The van der Waals surface area contributed by atoms with Crippen molar-refractivity contribution in [3.8, 4) is 5.69 Å². The lowest BCUT2D eigenvalue weighted by atomic mass is 9.99. The zero-order valence-electron chi connectivity index (χ0n) is 14.7. The molecule has 1 aliphatic rings. The highest BCUT2D eigenvalue weighted by Gasteiger charge is 2.30. The van der Waals surface area contributed by atoms with Crippen molar-refractivity contribution in [3.63, 3.8) is 0 Å². The number of amides is 2. The SMILES string of the molecule is Cc1ccccc1[C@@H]1CCCN1C(=O)Nc1ccc(-n2cncn2)cc1. The molecule has 4 rings (SSSR count). The van der Waals surface area contributed by atoms with Crippen LogP contribution in [0.4, 0.5) is 10.5 Å². The Morgan fingerprint density at radius 3 is 2.69 bits per heavy atom. The van der Waals surface area contributed by atoms with Crippen LogP contribution in [0.5, 0.6) is 0 Å². The molecule has 0 unspecified atom stereocenters. The molecule has 1 N–H and O–H groups in total. The molecule has 1 atom stereocenters. The summed E-state index contributed by atoms with van der Waals surface area (Å²) >= 11 is 0. The molecule has 1 aliphatic heterocycles. The average molecular weight is 347 g/mol. The van der Waals surface area contributed by atoms with Gasteiger partial charge in [0.15, 0.2) is 0 Å². The monoisotopic (exact) mass is 347 g/mol. The number of likely N-dealkylation sites (tertiary alicyclic amines) is 1. The topological polar surface area (TPSA) is 63.1 Å². The molecule has 2 aromatic carbocycles. The van der Waals surface area contributed by atoms with Gasteiger partial charge in [-0.05, 0) is 55.2 Å². The third kappa shape index (κ3) is 3.18. The summed E-state index contributed by atoms with van der Waals surface area (Å²) in [6.45, 7) is 2.88. The number of hydrogen-bond acceptors (Lipinski definition) is 3. The molecule has 1 fully saturated rings. The second-order valence-corrected chi connectivity index (χ2v) is 6.53. The smallest absolute Gasteiger partial charge is 0.317 e. The van der Waals surface area contributed by atoms with Gasteiger partial charge in [-0.25, -0.2) is 14.5 Å². The summed E-state index contributed by atoms with van der Waals surface area (Å²) in [7, 11) is 0. The van der Waals surface area contributed by atoms with Gasteiger partial charge in [0.2, 0.25) is 0 Å². The molecule has 1 saturated heterocycles. The normalized spacial score (nSPS) is 16.7. The van der Waals surface area contributed by atoms with Crippen LogP contribution in [-0.4, -0.2) is 32.2 Å². The molecule has 1 aromatic heterocycles. The number of nitrogens with zero attached hydrogens (tertiary/aromatic N) is 4. The summed E-state index contributed by atoms with van der Waals surface area (Å²) in [5.41, 5.74) is 4.14. The van der Waals surface area contributed by atoms with Crippen molar-refractivity contribution < 1.29 is 4.79 Å². The standard InChI is InChI=1S/C20H21N5O/c1-15-5-2-3-6-18(15)19-7-4-12-24(19)20(26)23-16-8-10-17(11-9-16)25-14-21-13-22-25/h2-3,5-6,8-11,13-14,19H,4,7,12H2,1H3,(H,23,26)/t19-/m0/s1. The Bertz CT molecular complexity index is 889. The molecule has 26 heavy (non-hydrogen) atoms. The quantitative estimate of drug-likeness (QED) is 0.780. The Kier molecular flexibility index (Phi) is 4.39. The minimum absolute atomic E-state index is 0.0516. The molecule has 0 saturated carbocycles. The lowest BCUT2D eigenvalue weighted by molar-refractivity contribution is 0.207. The molecular formula is C20H21N5O. The Labute approximate surface area is 152 Å². The van der Waals surface area contributed by atoms with Gasteiger partial charge < -0.3 is 10.2 Å². The molecule has 6 heteroatoms. The van der Waals surface area contributed by atoms with Gasteiger partial charge in [-0.1, -0.05) is 24.3 Å². The maximum absolute atomic E-state index is 12.8. The maximum atomic E-state index is 12.8. The van der Waals surface area contributed by atoms with E-state index in [1.165, 1.54) is 17.5 Å². The van der Waals surface area contributed by atoms with E-state index in [1.54, 1.807) is 11.0 Å². The van der Waals surface area contributed by atoms with Crippen molar-refractivity contribution in [2.75, 3.05) is 11.9 Å². The van der Waals surface area contributed by atoms with Crippen molar-refractivity contribution in [2.45, 2.75) is 25.8 Å². The van der Waals surface area contributed by atoms with Crippen LogP contribution >= 0.6 is 0 Å². The summed E-state index contributed by atoms with van der Waals surface area (Å²) in [6, 6.07) is 16.0. The molecular weight excluding hydrogens is 326 g/mol. The van der Waals surface area contributed by atoms with Crippen molar-refractivity contribution in [3.05, 3.63) is 72.3 Å². The van der Waals surface area contributed by atoms with Gasteiger partial charge in [-0.3, -0.25) is 0 Å². The first kappa shape index (κ1) is 16.3. The first-order valence-corrected chi connectivity index (χ1v) is 8.80. The molecule has 6 nitrogen and oxygen atoms in total. The van der Waals surface area contributed by atoms with Gasteiger partial charge in [0.1, 0.15) is 12.7 Å². The molecule has 132 valence electrons. The molecule has 2 amide bonds. The molecule has 0 radical (unpaired) electrons. The Morgan fingerprint density at radius 1 is 1.15 bits per heavy atom. The molecule has 0 bridgehead atoms. The molecule has 2 heterocycles. The first-order chi connectivity index (χ1) is 12.7. The van der Waals surface area contributed by atoms with E-state index in [1.807, 2.05) is 41.3 Å². The number of carbonyl (C=O) groups excluding carboxylic acids is 1. The van der Waals surface area contributed by atoms with Crippen LogP contribution in [0.3, 0.4) is 0 Å². The van der Waals surface area contributed by atoms with Gasteiger partial charge in [-0.2, -0.15) is 5.10 Å². The number of aromatic nitrogens is 3. The number of aryl methyl sites for hydroxylation is 1. The third-order valence-corrected chi connectivity index (χ3v) is 4.86. The molecule has 0 aliphatic carbocycles. The van der Waals surface area contributed by atoms with E-state index in [2.05, 4.69) is 34.5 Å². The van der Waals surface area contributed by atoms with E-state index in [0.29, 0.717) is 0 Å². The predicted octanol–water partition coefficient (Wildman–Crippen LogP) is 3.94. The average Bonchev–Trinajstić information content (AvgIpc) is 3.35. The lowest BCUT2D eigenvalue weighted by Crippen LogP contribution is -2.34. The summed E-state index contributed by atoms with van der Waals surface area (Å²) in [4.78, 5) is 18.7. The number of urea groups is 1. The highest BCUT2D eigenvalue weighted by atomic mass is 16.2. The van der Waals surface area contributed by atoms with Gasteiger partial charge in [0.25, 0.3) is 0 Å². The van der Waals surface area contributed by atoms with Crippen molar-refractivity contribution >= 4 is 11.7 Å². The van der Waals surface area contributed by atoms with Gasteiger partial charge in [-0.15, -0.1) is 0 Å². The van der Waals surface area contributed by atoms with Gasteiger partial charge in [0.05, 0.1) is 11.7 Å². The fraction of sp³-hybridized carbons (Fsp3) is 0.250. The molecule has 0 spiro atoms. The van der Waals surface area contributed by atoms with E-state index in [4.69, 9.17) is 0 Å². The number of carbonyl (C=O) groups is 1. The van der Waals surface area contributed by atoms with Crippen LogP contribution in [0.2, 0.25) is 0 Å². The second kappa shape index (κ2) is 7.00. The third-order valence-electron chi connectivity index (χ3n) is 4.86. The fourth-order valence-electron chi connectivity index (χ4n) is 3.53. The van der Waals surface area contributed by atoms with Crippen molar-refractivity contribution in [1.29, 1.82) is 0 Å². The van der Waals surface area contributed by atoms with Crippen LogP contribution in [0.15, 0.2) is 61.2 Å². The van der Waals surface area contributed by atoms with Crippen LogP contribution in [-0.2, 0) is 0 Å². The van der Waals surface area contributed by atoms with E-state index in [0.717, 1.165) is 30.8 Å². The van der Waals surface area contributed by atoms with Crippen molar-refractivity contribution in [2.24, 2.45) is 0 Å². The minimum Gasteiger partial charge on any atom is -0.317 e. The Balaban J connectivity index is 1.48. The largest absolute Gasteiger partial charge is 0.322 e. The highest BCUT2D eigenvalue weighted by Crippen LogP contribution is 2.34. The summed E-state index contributed by atoms with van der Waals surface area (Å²) < 4.78 is 1.68. The predicted molar refractivity (Wildman–Crippen MR) is 100 cm³/mol. The van der Waals surface area contributed by atoms with E-state index >= 15 is 0 Å². The summed E-state index contributed by atoms with van der Waals surface area (Å²) in [5.74, 6) is 0. The van der Waals surface area contributed by atoms with Crippen LogP contribution in [0.25, 0.3) is 5.69 Å². The van der Waals surface area contributed by atoms with Crippen LogP contribution in [0.1, 0.15) is 30.0 Å². The van der Waals surface area contributed by atoms with Crippen LogP contribution in [0, 0.1) is 6.92 Å². The summed E-state index contributed by atoms with van der Waals surface area (Å²) in [5, 5.41) is 7.12. The number of anilines is 1. The second-order valence-electron chi connectivity index (χ2n) is 6.53. The first-order valence-electron chi connectivity index (χ1n) is 8.80. The lowest BCUT2D eigenvalue weighted by Gasteiger charge is -2.26. The summed E-state index contributed by atoms with van der Waals surface area (Å²) in [6.07, 6.45) is 5.17. The van der Waals surface area contributed by atoms with Crippen LogP contribution < -0.4 is 5.32 Å².